The summed E-state index contributed by atoms with van der Waals surface area (Å²) in [6, 6.07) is 8.63. The standard InChI is InChI=1S/C15H22N2O3/c1-15(2)10-17(8-12(9-18)20-15)14(19)13(16)11-6-4-3-5-7-11/h3-7,12-13,18H,8-10,16H2,1-2H3/t12?,13-/m1/s1. The third kappa shape index (κ3) is 3.36. The van der Waals surface area contributed by atoms with Crippen LogP contribution in [-0.2, 0) is 9.53 Å². The highest BCUT2D eigenvalue weighted by atomic mass is 16.5. The maximum atomic E-state index is 12.5. The number of ether oxygens (including phenoxy) is 1. The van der Waals surface area contributed by atoms with E-state index in [0.29, 0.717) is 13.1 Å². The van der Waals surface area contributed by atoms with Gasteiger partial charge in [-0.25, -0.2) is 0 Å². The molecular weight excluding hydrogens is 256 g/mol. The smallest absolute Gasteiger partial charge is 0.244 e. The average molecular weight is 278 g/mol. The van der Waals surface area contributed by atoms with Gasteiger partial charge in [-0.1, -0.05) is 30.3 Å². The second-order valence-electron chi connectivity index (χ2n) is 5.79. The molecule has 2 atom stereocenters. The minimum absolute atomic E-state index is 0.103. The van der Waals surface area contributed by atoms with Crippen molar-refractivity contribution < 1.29 is 14.6 Å². The Bertz CT molecular complexity index is 461. The summed E-state index contributed by atoms with van der Waals surface area (Å²) in [5.41, 5.74) is 6.37. The molecule has 1 heterocycles. The molecule has 0 radical (unpaired) electrons. The second-order valence-corrected chi connectivity index (χ2v) is 5.79. The Labute approximate surface area is 119 Å². The highest BCUT2D eigenvalue weighted by Crippen LogP contribution is 2.23. The zero-order chi connectivity index (χ0) is 14.8. The van der Waals surface area contributed by atoms with Crippen LogP contribution < -0.4 is 5.73 Å². The van der Waals surface area contributed by atoms with Crippen molar-refractivity contribution in [2.45, 2.75) is 31.6 Å². The highest BCUT2D eigenvalue weighted by Gasteiger charge is 2.36. The first kappa shape index (κ1) is 15.0. The van der Waals surface area contributed by atoms with Gasteiger partial charge in [0.05, 0.1) is 18.3 Å². The zero-order valence-corrected chi connectivity index (χ0v) is 12.0. The van der Waals surface area contributed by atoms with Crippen LogP contribution in [0.15, 0.2) is 30.3 Å². The minimum atomic E-state index is -0.676. The van der Waals surface area contributed by atoms with Gasteiger partial charge in [0.1, 0.15) is 6.04 Å². The molecule has 0 aromatic heterocycles. The van der Waals surface area contributed by atoms with E-state index in [2.05, 4.69) is 0 Å². The molecule has 0 saturated carbocycles. The first-order chi connectivity index (χ1) is 9.43. The number of amides is 1. The third-order valence-corrected chi connectivity index (χ3v) is 3.42. The van der Waals surface area contributed by atoms with E-state index in [0.717, 1.165) is 5.56 Å². The van der Waals surface area contributed by atoms with Crippen LogP contribution in [0.1, 0.15) is 25.5 Å². The molecule has 3 N–H and O–H groups in total. The van der Waals surface area contributed by atoms with Gasteiger partial charge in [0, 0.05) is 13.1 Å². The third-order valence-electron chi connectivity index (χ3n) is 3.42. The molecule has 1 amide bonds. The molecular formula is C15H22N2O3. The number of hydrogen-bond acceptors (Lipinski definition) is 4. The number of nitrogens with zero attached hydrogens (tertiary/aromatic N) is 1. The van der Waals surface area contributed by atoms with Gasteiger partial charge in [-0.15, -0.1) is 0 Å². The first-order valence-corrected chi connectivity index (χ1v) is 6.81. The number of aliphatic hydroxyl groups is 1. The maximum absolute atomic E-state index is 12.5. The van der Waals surface area contributed by atoms with Crippen LogP contribution in [0.4, 0.5) is 0 Å². The number of nitrogens with two attached hydrogens (primary N) is 1. The summed E-state index contributed by atoms with van der Waals surface area (Å²) < 4.78 is 5.70. The molecule has 1 aromatic carbocycles. The van der Waals surface area contributed by atoms with Crippen molar-refractivity contribution in [2.24, 2.45) is 5.73 Å². The van der Waals surface area contributed by atoms with Crippen molar-refractivity contribution in [3.8, 4) is 0 Å². The van der Waals surface area contributed by atoms with Gasteiger partial charge in [-0.2, -0.15) is 0 Å². The van der Waals surface area contributed by atoms with Crippen molar-refractivity contribution in [3.05, 3.63) is 35.9 Å². The average Bonchev–Trinajstić information content (AvgIpc) is 2.44. The molecule has 1 unspecified atom stereocenters. The van der Waals surface area contributed by atoms with Gasteiger partial charge in [-0.3, -0.25) is 4.79 Å². The van der Waals surface area contributed by atoms with E-state index in [9.17, 15) is 9.90 Å². The van der Waals surface area contributed by atoms with Crippen LogP contribution in [0, 0.1) is 0 Å². The highest BCUT2D eigenvalue weighted by molar-refractivity contribution is 5.83. The Kier molecular flexibility index (Phi) is 4.42. The quantitative estimate of drug-likeness (QED) is 0.852. The van der Waals surface area contributed by atoms with Gasteiger partial charge >= 0.3 is 0 Å². The van der Waals surface area contributed by atoms with Crippen LogP contribution >= 0.6 is 0 Å². The topological polar surface area (TPSA) is 75.8 Å². The molecule has 0 bridgehead atoms. The molecule has 0 aliphatic carbocycles. The van der Waals surface area contributed by atoms with E-state index in [4.69, 9.17) is 10.5 Å². The van der Waals surface area contributed by atoms with Crippen LogP contribution in [0.2, 0.25) is 0 Å². The first-order valence-electron chi connectivity index (χ1n) is 6.81. The summed E-state index contributed by atoms with van der Waals surface area (Å²) in [5, 5.41) is 9.28. The molecule has 20 heavy (non-hydrogen) atoms. The number of carbonyl (C=O) groups excluding carboxylic acids is 1. The number of hydrogen-bond donors (Lipinski definition) is 2. The SMILES string of the molecule is CC1(C)CN(C(=O)[C@H](N)c2ccccc2)CC(CO)O1. The summed E-state index contributed by atoms with van der Waals surface area (Å²) in [5.74, 6) is -0.133. The largest absolute Gasteiger partial charge is 0.394 e. The summed E-state index contributed by atoms with van der Waals surface area (Å²) in [4.78, 5) is 14.2. The van der Waals surface area contributed by atoms with Gasteiger partial charge < -0.3 is 20.5 Å². The van der Waals surface area contributed by atoms with E-state index in [1.165, 1.54) is 0 Å². The van der Waals surface area contributed by atoms with Crippen LogP contribution in [0.3, 0.4) is 0 Å². The Morgan fingerprint density at radius 2 is 2.15 bits per heavy atom. The summed E-state index contributed by atoms with van der Waals surface area (Å²) in [6.07, 6.45) is -0.356. The Hall–Kier alpha value is -1.43. The number of rotatable bonds is 3. The Morgan fingerprint density at radius 1 is 1.50 bits per heavy atom. The molecule has 5 heteroatoms. The van der Waals surface area contributed by atoms with Crippen molar-refractivity contribution in [2.75, 3.05) is 19.7 Å². The lowest BCUT2D eigenvalue weighted by Crippen LogP contribution is -2.57. The van der Waals surface area contributed by atoms with Crippen molar-refractivity contribution >= 4 is 5.91 Å². The van der Waals surface area contributed by atoms with Crippen LogP contribution in [0.25, 0.3) is 0 Å². The lowest BCUT2D eigenvalue weighted by atomic mass is 10.0. The molecule has 2 rings (SSSR count). The Balaban J connectivity index is 2.12. The van der Waals surface area contributed by atoms with Gasteiger partial charge in [0.25, 0.3) is 0 Å². The van der Waals surface area contributed by atoms with E-state index >= 15 is 0 Å². The Morgan fingerprint density at radius 3 is 2.75 bits per heavy atom. The molecule has 5 nitrogen and oxygen atoms in total. The van der Waals surface area contributed by atoms with Crippen LogP contribution in [-0.4, -0.2) is 47.3 Å². The number of morpholine rings is 1. The van der Waals surface area contributed by atoms with Crippen LogP contribution in [0.5, 0.6) is 0 Å². The van der Waals surface area contributed by atoms with Gasteiger partial charge in [-0.05, 0) is 19.4 Å². The fourth-order valence-electron chi connectivity index (χ4n) is 2.56. The molecule has 1 aliphatic rings. The molecule has 1 saturated heterocycles. The van der Waals surface area contributed by atoms with Gasteiger partial charge in [0.2, 0.25) is 5.91 Å². The monoisotopic (exact) mass is 278 g/mol. The summed E-state index contributed by atoms with van der Waals surface area (Å²) in [6.45, 7) is 4.56. The lowest BCUT2D eigenvalue weighted by Gasteiger charge is -2.43. The number of aliphatic hydroxyl groups excluding tert-OH is 1. The van der Waals surface area contributed by atoms with E-state index in [-0.39, 0.29) is 18.6 Å². The molecule has 110 valence electrons. The molecule has 1 aromatic rings. The van der Waals surface area contributed by atoms with Gasteiger partial charge in [0.15, 0.2) is 0 Å². The predicted molar refractivity (Wildman–Crippen MR) is 76.0 cm³/mol. The minimum Gasteiger partial charge on any atom is -0.394 e. The fourth-order valence-corrected chi connectivity index (χ4v) is 2.56. The number of benzene rings is 1. The van der Waals surface area contributed by atoms with E-state index in [1.54, 1.807) is 4.90 Å². The summed E-state index contributed by atoms with van der Waals surface area (Å²) in [7, 11) is 0. The molecule has 0 spiro atoms. The molecule has 1 fully saturated rings. The second kappa shape index (κ2) is 5.91. The van der Waals surface area contributed by atoms with Crippen molar-refractivity contribution in [1.82, 2.24) is 4.90 Å². The lowest BCUT2D eigenvalue weighted by molar-refractivity contribution is -0.167. The number of carbonyl (C=O) groups is 1. The van der Waals surface area contributed by atoms with Crippen molar-refractivity contribution in [3.63, 3.8) is 0 Å². The van der Waals surface area contributed by atoms with E-state index in [1.807, 2.05) is 44.2 Å². The predicted octanol–water partition coefficient (Wildman–Crippen LogP) is 0.685. The van der Waals surface area contributed by atoms with Crippen molar-refractivity contribution in [1.29, 1.82) is 0 Å². The fraction of sp³-hybridized carbons (Fsp3) is 0.533. The molecule has 1 aliphatic heterocycles. The zero-order valence-electron chi connectivity index (χ0n) is 12.0. The summed E-state index contributed by atoms with van der Waals surface area (Å²) >= 11 is 0. The van der Waals surface area contributed by atoms with E-state index < -0.39 is 11.6 Å². The maximum Gasteiger partial charge on any atom is 0.244 e. The normalized spacial score (nSPS) is 23.4.